The van der Waals surface area contributed by atoms with Crippen LogP contribution in [-0.2, 0) is 11.2 Å². The molecule has 3 heteroatoms. The Bertz CT molecular complexity index is 617. The molecule has 18 heavy (non-hydrogen) atoms. The van der Waals surface area contributed by atoms with Crippen LogP contribution in [0.1, 0.15) is 28.8 Å². The Morgan fingerprint density at radius 2 is 1.89 bits per heavy atom. The Hall–Kier alpha value is -1.90. The van der Waals surface area contributed by atoms with E-state index in [-0.39, 0.29) is 5.91 Å². The van der Waals surface area contributed by atoms with Gasteiger partial charge in [-0.1, -0.05) is 11.6 Å². The van der Waals surface area contributed by atoms with E-state index in [2.05, 4.69) is 37.9 Å². The second-order valence-electron chi connectivity index (χ2n) is 4.87. The summed E-state index contributed by atoms with van der Waals surface area (Å²) in [7, 11) is 0. The highest BCUT2D eigenvalue weighted by Gasteiger charge is 2.07. The lowest BCUT2D eigenvalue weighted by molar-refractivity contribution is -0.118. The van der Waals surface area contributed by atoms with E-state index in [1.54, 1.807) is 0 Å². The maximum absolute atomic E-state index is 10.8. The first-order valence-corrected chi connectivity index (χ1v) is 6.13. The molecule has 0 aliphatic carbocycles. The molecule has 0 aliphatic heterocycles. The summed E-state index contributed by atoms with van der Waals surface area (Å²) in [6.07, 6.45) is 0.961. The topological polar surface area (TPSA) is 56.0 Å². The van der Waals surface area contributed by atoms with E-state index in [0.29, 0.717) is 12.8 Å². The number of nitrogens with zero attached hydrogens (tertiary/aromatic N) is 1. The molecule has 1 aromatic carbocycles. The van der Waals surface area contributed by atoms with Gasteiger partial charge in [0.15, 0.2) is 0 Å². The highest BCUT2D eigenvalue weighted by Crippen LogP contribution is 2.23. The van der Waals surface area contributed by atoms with Gasteiger partial charge in [-0.05, 0) is 50.5 Å². The zero-order valence-electron chi connectivity index (χ0n) is 11.1. The largest absolute Gasteiger partial charge is 0.370 e. The van der Waals surface area contributed by atoms with Crippen molar-refractivity contribution in [3.05, 3.63) is 40.6 Å². The smallest absolute Gasteiger partial charge is 0.217 e. The van der Waals surface area contributed by atoms with Crippen molar-refractivity contribution in [2.75, 3.05) is 0 Å². The molecule has 0 radical (unpaired) electrons. The average Bonchev–Trinajstić information content (AvgIpc) is 2.28. The van der Waals surface area contributed by atoms with E-state index < -0.39 is 0 Å². The third-order valence-electron chi connectivity index (χ3n) is 3.14. The van der Waals surface area contributed by atoms with Gasteiger partial charge < -0.3 is 5.73 Å². The van der Waals surface area contributed by atoms with Gasteiger partial charge >= 0.3 is 0 Å². The number of aromatic nitrogens is 1. The van der Waals surface area contributed by atoms with E-state index in [4.69, 9.17) is 5.73 Å². The number of pyridine rings is 1. The van der Waals surface area contributed by atoms with Gasteiger partial charge in [0.1, 0.15) is 0 Å². The van der Waals surface area contributed by atoms with Crippen LogP contribution in [0.5, 0.6) is 0 Å². The molecule has 3 nitrogen and oxygen atoms in total. The molecule has 2 N–H and O–H groups in total. The molecule has 0 bridgehead atoms. The van der Waals surface area contributed by atoms with Crippen LogP contribution in [0.25, 0.3) is 10.9 Å². The summed E-state index contributed by atoms with van der Waals surface area (Å²) in [6, 6.07) is 6.33. The number of hydrogen-bond donors (Lipinski definition) is 1. The van der Waals surface area contributed by atoms with Crippen molar-refractivity contribution < 1.29 is 4.79 Å². The zero-order chi connectivity index (χ0) is 13.3. The quantitative estimate of drug-likeness (QED) is 0.899. The second-order valence-corrected chi connectivity index (χ2v) is 4.87. The Labute approximate surface area is 107 Å². The number of hydrogen-bond acceptors (Lipinski definition) is 2. The van der Waals surface area contributed by atoms with Gasteiger partial charge in [0.2, 0.25) is 5.91 Å². The highest BCUT2D eigenvalue weighted by atomic mass is 16.1. The Kier molecular flexibility index (Phi) is 3.32. The summed E-state index contributed by atoms with van der Waals surface area (Å²) >= 11 is 0. The molecule has 0 atom stereocenters. The maximum Gasteiger partial charge on any atom is 0.217 e. The number of carbonyl (C=O) groups excluding carboxylic acids is 1. The van der Waals surface area contributed by atoms with Gasteiger partial charge in [0.25, 0.3) is 0 Å². The molecule has 0 saturated carbocycles. The van der Waals surface area contributed by atoms with Gasteiger partial charge in [0, 0.05) is 17.5 Å². The first-order valence-electron chi connectivity index (χ1n) is 6.13. The molecule has 0 aliphatic rings. The predicted molar refractivity (Wildman–Crippen MR) is 73.5 cm³/mol. The lowest BCUT2D eigenvalue weighted by atomic mass is 10.0. The summed E-state index contributed by atoms with van der Waals surface area (Å²) in [4.78, 5) is 15.5. The van der Waals surface area contributed by atoms with Crippen molar-refractivity contribution in [2.24, 2.45) is 5.73 Å². The van der Waals surface area contributed by atoms with Crippen molar-refractivity contribution in [3.8, 4) is 0 Å². The Morgan fingerprint density at radius 3 is 2.56 bits per heavy atom. The molecule has 1 heterocycles. The molecule has 0 unspecified atom stereocenters. The molecular formula is C15H18N2O. The summed E-state index contributed by atoms with van der Waals surface area (Å²) in [5, 5.41) is 1.19. The van der Waals surface area contributed by atoms with Crippen LogP contribution < -0.4 is 5.73 Å². The Balaban J connectivity index is 2.51. The highest BCUT2D eigenvalue weighted by molar-refractivity contribution is 5.85. The summed E-state index contributed by atoms with van der Waals surface area (Å²) < 4.78 is 0. The van der Waals surface area contributed by atoms with E-state index >= 15 is 0 Å². The fourth-order valence-electron chi connectivity index (χ4n) is 2.29. The van der Waals surface area contributed by atoms with E-state index in [1.165, 1.54) is 22.1 Å². The van der Waals surface area contributed by atoms with Gasteiger partial charge in [-0.25, -0.2) is 0 Å². The molecular weight excluding hydrogens is 224 g/mol. The molecule has 1 aromatic heterocycles. The van der Waals surface area contributed by atoms with Crippen molar-refractivity contribution in [1.29, 1.82) is 0 Å². The van der Waals surface area contributed by atoms with Crippen LogP contribution in [0.3, 0.4) is 0 Å². The summed E-state index contributed by atoms with van der Waals surface area (Å²) in [5.41, 5.74) is 10.8. The molecule has 1 amide bonds. The van der Waals surface area contributed by atoms with Crippen LogP contribution in [-0.4, -0.2) is 10.9 Å². The van der Waals surface area contributed by atoms with Crippen LogP contribution in [0, 0.1) is 20.8 Å². The number of primary amides is 1. The first kappa shape index (κ1) is 12.6. The molecule has 0 fully saturated rings. The number of aryl methyl sites for hydroxylation is 4. The molecule has 0 saturated heterocycles. The minimum Gasteiger partial charge on any atom is -0.370 e. The van der Waals surface area contributed by atoms with E-state index in [9.17, 15) is 4.79 Å². The van der Waals surface area contributed by atoms with Crippen molar-refractivity contribution in [1.82, 2.24) is 4.98 Å². The number of carbonyl (C=O) groups is 1. The van der Waals surface area contributed by atoms with E-state index in [1.807, 2.05) is 6.07 Å². The third-order valence-corrected chi connectivity index (χ3v) is 3.14. The van der Waals surface area contributed by atoms with Crippen LogP contribution in [0.2, 0.25) is 0 Å². The predicted octanol–water partition coefficient (Wildman–Crippen LogP) is 2.58. The number of benzene rings is 1. The van der Waals surface area contributed by atoms with Crippen molar-refractivity contribution >= 4 is 16.8 Å². The van der Waals surface area contributed by atoms with Crippen LogP contribution in [0.15, 0.2) is 18.2 Å². The second kappa shape index (κ2) is 4.77. The fraction of sp³-hybridized carbons (Fsp3) is 0.333. The fourth-order valence-corrected chi connectivity index (χ4v) is 2.29. The molecule has 94 valence electrons. The number of nitrogens with two attached hydrogens (primary N) is 1. The standard InChI is InChI=1S/C15H18N2O/c1-9-6-11(3)15-13(7-9)10(2)8-12(17-15)4-5-14(16)18/h6-8H,4-5H2,1-3H3,(H2,16,18). The molecule has 0 spiro atoms. The van der Waals surface area contributed by atoms with Crippen LogP contribution in [0.4, 0.5) is 0 Å². The zero-order valence-corrected chi connectivity index (χ0v) is 11.1. The summed E-state index contributed by atoms with van der Waals surface area (Å²) in [6.45, 7) is 6.24. The number of rotatable bonds is 3. The number of fused-ring (bicyclic) bond motifs is 1. The SMILES string of the molecule is Cc1cc(C)c2nc(CCC(N)=O)cc(C)c2c1. The molecule has 2 aromatic rings. The maximum atomic E-state index is 10.8. The van der Waals surface area contributed by atoms with Crippen molar-refractivity contribution in [2.45, 2.75) is 33.6 Å². The average molecular weight is 242 g/mol. The van der Waals surface area contributed by atoms with E-state index in [0.717, 1.165) is 11.2 Å². The summed E-state index contributed by atoms with van der Waals surface area (Å²) in [5.74, 6) is -0.282. The first-order chi connectivity index (χ1) is 8.47. The normalized spacial score (nSPS) is 10.8. The number of amides is 1. The lowest BCUT2D eigenvalue weighted by Gasteiger charge is -2.09. The van der Waals surface area contributed by atoms with Gasteiger partial charge in [-0.15, -0.1) is 0 Å². The van der Waals surface area contributed by atoms with Gasteiger partial charge in [0.05, 0.1) is 5.52 Å². The monoisotopic (exact) mass is 242 g/mol. The van der Waals surface area contributed by atoms with Gasteiger partial charge in [-0.2, -0.15) is 0 Å². The minimum absolute atomic E-state index is 0.282. The van der Waals surface area contributed by atoms with Crippen molar-refractivity contribution in [3.63, 3.8) is 0 Å². The minimum atomic E-state index is -0.282. The molecule has 2 rings (SSSR count). The Morgan fingerprint density at radius 1 is 1.17 bits per heavy atom. The van der Waals surface area contributed by atoms with Gasteiger partial charge in [-0.3, -0.25) is 9.78 Å². The lowest BCUT2D eigenvalue weighted by Crippen LogP contribution is -2.11. The third kappa shape index (κ3) is 2.50. The van der Waals surface area contributed by atoms with Crippen LogP contribution >= 0.6 is 0 Å².